The predicted octanol–water partition coefficient (Wildman–Crippen LogP) is 0.411. The number of nitrogens with one attached hydrogen (secondary N) is 1. The molecule has 3 nitrogen and oxygen atoms in total. The Bertz CT molecular complexity index is 111. The minimum Gasteiger partial charge on any atom is -0.330 e. The van der Waals surface area contributed by atoms with Crippen molar-refractivity contribution in [2.24, 2.45) is 5.73 Å². The number of nitrogens with two attached hydrogens (primary N) is 1. The van der Waals surface area contributed by atoms with Gasteiger partial charge in [-0.25, -0.2) is 0 Å². The zero-order valence-electron chi connectivity index (χ0n) is 8.60. The molecule has 0 aromatic rings. The summed E-state index contributed by atoms with van der Waals surface area (Å²) < 4.78 is 0. The molecular weight excluding hydrogens is 162 g/mol. The normalized spacial score (nSPS) is 18.2. The fourth-order valence-electron chi connectivity index (χ4n) is 1.79. The van der Waals surface area contributed by atoms with Crippen LogP contribution in [-0.4, -0.2) is 44.2 Å². The van der Waals surface area contributed by atoms with Gasteiger partial charge in [0.1, 0.15) is 0 Å². The van der Waals surface area contributed by atoms with E-state index >= 15 is 0 Å². The van der Waals surface area contributed by atoms with Gasteiger partial charge in [-0.2, -0.15) is 0 Å². The van der Waals surface area contributed by atoms with Crippen LogP contribution in [0.15, 0.2) is 0 Å². The molecule has 0 radical (unpaired) electrons. The number of nitrogens with zero attached hydrogens (tertiary/aromatic N) is 1. The third-order valence-electron chi connectivity index (χ3n) is 2.58. The molecular formula is C10H23N3. The van der Waals surface area contributed by atoms with Crippen LogP contribution in [0.25, 0.3) is 0 Å². The van der Waals surface area contributed by atoms with E-state index in [0.29, 0.717) is 0 Å². The van der Waals surface area contributed by atoms with Crippen LogP contribution in [0.2, 0.25) is 0 Å². The molecule has 0 unspecified atom stereocenters. The first-order chi connectivity index (χ1) is 6.43. The molecule has 0 bridgehead atoms. The average molecular weight is 185 g/mol. The second kappa shape index (κ2) is 7.30. The second-order valence-corrected chi connectivity index (χ2v) is 3.79. The van der Waals surface area contributed by atoms with Gasteiger partial charge in [-0.3, -0.25) is 0 Å². The zero-order valence-corrected chi connectivity index (χ0v) is 8.60. The average Bonchev–Trinajstić information content (AvgIpc) is 2.63. The van der Waals surface area contributed by atoms with E-state index < -0.39 is 0 Å². The van der Waals surface area contributed by atoms with Crippen molar-refractivity contribution >= 4 is 0 Å². The molecule has 0 aromatic heterocycles. The Balaban J connectivity index is 1.78. The van der Waals surface area contributed by atoms with Crippen molar-refractivity contribution in [3.63, 3.8) is 0 Å². The number of likely N-dealkylation sites (tertiary alicyclic amines) is 1. The SMILES string of the molecule is NCCCNCCCN1CCCC1. The Labute approximate surface area is 81.7 Å². The lowest BCUT2D eigenvalue weighted by atomic mass is 10.3. The van der Waals surface area contributed by atoms with E-state index in [1.165, 1.54) is 38.9 Å². The van der Waals surface area contributed by atoms with Gasteiger partial charge in [-0.1, -0.05) is 0 Å². The molecule has 1 aliphatic heterocycles. The van der Waals surface area contributed by atoms with Crippen LogP contribution in [0, 0.1) is 0 Å². The van der Waals surface area contributed by atoms with E-state index in [-0.39, 0.29) is 0 Å². The molecule has 1 rings (SSSR count). The molecule has 3 heteroatoms. The molecule has 13 heavy (non-hydrogen) atoms. The molecule has 0 saturated carbocycles. The van der Waals surface area contributed by atoms with Crippen LogP contribution in [0.4, 0.5) is 0 Å². The summed E-state index contributed by atoms with van der Waals surface area (Å²) in [4.78, 5) is 2.56. The standard InChI is InChI=1S/C10H23N3/c11-5-3-6-12-7-4-10-13-8-1-2-9-13/h12H,1-11H2. The van der Waals surface area contributed by atoms with Crippen molar-refractivity contribution in [1.82, 2.24) is 10.2 Å². The Morgan fingerprint density at radius 1 is 1.08 bits per heavy atom. The molecule has 0 aliphatic carbocycles. The third-order valence-corrected chi connectivity index (χ3v) is 2.58. The lowest BCUT2D eigenvalue weighted by Gasteiger charge is -2.14. The zero-order chi connectivity index (χ0) is 9.36. The van der Waals surface area contributed by atoms with E-state index in [4.69, 9.17) is 5.73 Å². The highest BCUT2D eigenvalue weighted by Gasteiger charge is 2.09. The van der Waals surface area contributed by atoms with Crippen LogP contribution in [0.3, 0.4) is 0 Å². The van der Waals surface area contributed by atoms with Gasteiger partial charge >= 0.3 is 0 Å². The smallest absolute Gasteiger partial charge is 0.000664 e. The first kappa shape index (κ1) is 11.0. The largest absolute Gasteiger partial charge is 0.330 e. The van der Waals surface area contributed by atoms with Crippen molar-refractivity contribution in [2.45, 2.75) is 25.7 Å². The first-order valence-electron chi connectivity index (χ1n) is 5.56. The van der Waals surface area contributed by atoms with E-state index in [0.717, 1.165) is 26.1 Å². The highest BCUT2D eigenvalue weighted by atomic mass is 15.1. The van der Waals surface area contributed by atoms with Gasteiger partial charge in [0.05, 0.1) is 0 Å². The van der Waals surface area contributed by atoms with E-state index in [2.05, 4.69) is 10.2 Å². The summed E-state index contributed by atoms with van der Waals surface area (Å²) in [5, 5.41) is 3.40. The summed E-state index contributed by atoms with van der Waals surface area (Å²) >= 11 is 0. The summed E-state index contributed by atoms with van der Waals surface area (Å²) in [7, 11) is 0. The van der Waals surface area contributed by atoms with Gasteiger partial charge in [0, 0.05) is 0 Å². The van der Waals surface area contributed by atoms with Crippen LogP contribution in [0.5, 0.6) is 0 Å². The van der Waals surface area contributed by atoms with Crippen molar-refractivity contribution in [3.8, 4) is 0 Å². The lowest BCUT2D eigenvalue weighted by Crippen LogP contribution is -2.25. The van der Waals surface area contributed by atoms with Gasteiger partial charge < -0.3 is 16.0 Å². The summed E-state index contributed by atoms with van der Waals surface area (Å²) in [5.74, 6) is 0. The molecule has 0 amide bonds. The van der Waals surface area contributed by atoms with Gasteiger partial charge in [-0.05, 0) is 65.0 Å². The molecule has 0 atom stereocenters. The Hall–Kier alpha value is -0.120. The van der Waals surface area contributed by atoms with E-state index in [1.54, 1.807) is 0 Å². The maximum atomic E-state index is 5.39. The van der Waals surface area contributed by atoms with Gasteiger partial charge in [0.2, 0.25) is 0 Å². The van der Waals surface area contributed by atoms with Crippen LogP contribution >= 0.6 is 0 Å². The molecule has 3 N–H and O–H groups in total. The Morgan fingerprint density at radius 3 is 2.46 bits per heavy atom. The fourth-order valence-corrected chi connectivity index (χ4v) is 1.79. The second-order valence-electron chi connectivity index (χ2n) is 3.79. The highest BCUT2D eigenvalue weighted by Crippen LogP contribution is 2.06. The van der Waals surface area contributed by atoms with E-state index in [1.807, 2.05) is 0 Å². The van der Waals surface area contributed by atoms with Crippen molar-refractivity contribution < 1.29 is 0 Å². The molecule has 0 spiro atoms. The fraction of sp³-hybridized carbons (Fsp3) is 1.00. The van der Waals surface area contributed by atoms with Crippen LogP contribution < -0.4 is 11.1 Å². The topological polar surface area (TPSA) is 41.3 Å². The minimum atomic E-state index is 0.805. The quantitative estimate of drug-likeness (QED) is 0.565. The maximum Gasteiger partial charge on any atom is -0.000664 e. The Kier molecular flexibility index (Phi) is 6.15. The molecule has 78 valence electrons. The van der Waals surface area contributed by atoms with Crippen molar-refractivity contribution in [1.29, 1.82) is 0 Å². The maximum absolute atomic E-state index is 5.39. The monoisotopic (exact) mass is 185 g/mol. The molecule has 1 fully saturated rings. The number of hydrogen-bond acceptors (Lipinski definition) is 3. The number of rotatable bonds is 7. The van der Waals surface area contributed by atoms with Gasteiger partial charge in [0.25, 0.3) is 0 Å². The first-order valence-corrected chi connectivity index (χ1v) is 5.56. The van der Waals surface area contributed by atoms with Crippen molar-refractivity contribution in [2.75, 3.05) is 39.3 Å². The van der Waals surface area contributed by atoms with Crippen LogP contribution in [0.1, 0.15) is 25.7 Å². The van der Waals surface area contributed by atoms with Gasteiger partial charge in [-0.15, -0.1) is 0 Å². The molecule has 1 heterocycles. The van der Waals surface area contributed by atoms with E-state index in [9.17, 15) is 0 Å². The molecule has 0 aromatic carbocycles. The summed E-state index contributed by atoms with van der Waals surface area (Å²) in [6.45, 7) is 6.95. The Morgan fingerprint density at radius 2 is 1.77 bits per heavy atom. The summed E-state index contributed by atoms with van der Waals surface area (Å²) in [5.41, 5.74) is 5.39. The van der Waals surface area contributed by atoms with Crippen LogP contribution in [-0.2, 0) is 0 Å². The highest BCUT2D eigenvalue weighted by molar-refractivity contribution is 4.66. The lowest BCUT2D eigenvalue weighted by molar-refractivity contribution is 0.331. The summed E-state index contributed by atoms with van der Waals surface area (Å²) in [6, 6.07) is 0. The number of hydrogen-bond donors (Lipinski definition) is 2. The van der Waals surface area contributed by atoms with Crippen molar-refractivity contribution in [3.05, 3.63) is 0 Å². The summed E-state index contributed by atoms with van der Waals surface area (Å²) in [6.07, 6.45) is 5.19. The predicted molar refractivity (Wildman–Crippen MR) is 56.8 cm³/mol. The minimum absolute atomic E-state index is 0.805. The molecule has 1 aliphatic rings. The van der Waals surface area contributed by atoms with Gasteiger partial charge in [0.15, 0.2) is 0 Å². The molecule has 1 saturated heterocycles. The third kappa shape index (κ3) is 5.24.